The van der Waals surface area contributed by atoms with Crippen LogP contribution in [0.3, 0.4) is 0 Å². The average Bonchev–Trinajstić information content (AvgIpc) is 3.10. The minimum absolute atomic E-state index is 0.0520. The maximum atomic E-state index is 10.5. The van der Waals surface area contributed by atoms with Crippen molar-refractivity contribution in [2.75, 3.05) is 7.05 Å². The first-order valence-corrected chi connectivity index (χ1v) is 5.47. The number of rotatable bonds is 5. The molecule has 1 fully saturated rings. The molecule has 16 heavy (non-hydrogen) atoms. The maximum absolute atomic E-state index is 10.5. The Bertz CT molecular complexity index is 373. The number of nitrogens with one attached hydrogen (secondary N) is 1. The molecule has 5 heteroatoms. The number of pyridine rings is 1. The maximum Gasteiger partial charge on any atom is 0.287 e. The minimum Gasteiger partial charge on any atom is -0.316 e. The number of likely N-dealkylation sites (N-methyl/N-ethyl adjacent to an activating group) is 1. The highest BCUT2D eigenvalue weighted by molar-refractivity contribution is 5.27. The lowest BCUT2D eigenvalue weighted by molar-refractivity contribution is -0.385. The molecular formula is C11H15N3O2. The second-order valence-electron chi connectivity index (χ2n) is 4.20. The molecule has 0 radical (unpaired) electrons. The lowest BCUT2D eigenvalue weighted by Crippen LogP contribution is -2.29. The van der Waals surface area contributed by atoms with Crippen LogP contribution in [0.5, 0.6) is 0 Å². The summed E-state index contributed by atoms with van der Waals surface area (Å²) in [7, 11) is 1.95. The summed E-state index contributed by atoms with van der Waals surface area (Å²) in [4.78, 5) is 14.2. The highest BCUT2D eigenvalue weighted by atomic mass is 16.6. The van der Waals surface area contributed by atoms with Crippen LogP contribution in [-0.2, 0) is 6.42 Å². The van der Waals surface area contributed by atoms with Gasteiger partial charge in [0.05, 0.1) is 4.92 Å². The third kappa shape index (κ3) is 2.55. The summed E-state index contributed by atoms with van der Waals surface area (Å²) in [5.41, 5.74) is 0.966. The van der Waals surface area contributed by atoms with Crippen molar-refractivity contribution in [3.63, 3.8) is 0 Å². The van der Waals surface area contributed by atoms with E-state index >= 15 is 0 Å². The Morgan fingerprint density at radius 1 is 1.62 bits per heavy atom. The van der Waals surface area contributed by atoms with Gasteiger partial charge in [-0.15, -0.1) is 0 Å². The predicted octanol–water partition coefficient (Wildman–Crippen LogP) is 1.53. The Morgan fingerprint density at radius 2 is 2.38 bits per heavy atom. The molecular weight excluding hydrogens is 206 g/mol. The molecule has 1 aliphatic rings. The van der Waals surface area contributed by atoms with Gasteiger partial charge in [0, 0.05) is 24.2 Å². The largest absolute Gasteiger partial charge is 0.316 e. The van der Waals surface area contributed by atoms with E-state index in [9.17, 15) is 10.1 Å². The summed E-state index contributed by atoms with van der Waals surface area (Å²) >= 11 is 0. The number of hydrogen-bond donors (Lipinski definition) is 1. The van der Waals surface area contributed by atoms with Crippen LogP contribution >= 0.6 is 0 Å². The molecule has 1 unspecified atom stereocenters. The Labute approximate surface area is 94.0 Å². The van der Waals surface area contributed by atoms with Gasteiger partial charge >= 0.3 is 0 Å². The van der Waals surface area contributed by atoms with E-state index in [4.69, 9.17) is 0 Å². The van der Waals surface area contributed by atoms with Crippen molar-refractivity contribution in [3.8, 4) is 0 Å². The predicted molar refractivity (Wildman–Crippen MR) is 60.2 cm³/mol. The van der Waals surface area contributed by atoms with E-state index in [1.807, 2.05) is 7.05 Å². The van der Waals surface area contributed by atoms with Crippen LogP contribution in [0.15, 0.2) is 18.3 Å². The van der Waals surface area contributed by atoms with Crippen molar-refractivity contribution < 1.29 is 4.92 Å². The molecule has 0 spiro atoms. The number of nitro groups is 1. The average molecular weight is 221 g/mol. The number of aromatic nitrogens is 1. The Morgan fingerprint density at radius 3 is 2.81 bits per heavy atom. The number of nitrogens with zero attached hydrogens (tertiary/aromatic N) is 2. The minimum atomic E-state index is -0.423. The zero-order valence-corrected chi connectivity index (χ0v) is 9.22. The quantitative estimate of drug-likeness (QED) is 0.604. The first kappa shape index (κ1) is 11.0. The van der Waals surface area contributed by atoms with Crippen LogP contribution in [-0.4, -0.2) is 23.0 Å². The van der Waals surface area contributed by atoms with Gasteiger partial charge in [-0.3, -0.25) is 15.1 Å². The lowest BCUT2D eigenvalue weighted by Gasteiger charge is -2.14. The molecule has 2 rings (SSSR count). The normalized spacial score (nSPS) is 17.1. The summed E-state index contributed by atoms with van der Waals surface area (Å²) in [6, 6.07) is 3.71. The van der Waals surface area contributed by atoms with Crippen molar-refractivity contribution >= 4 is 5.69 Å². The zero-order chi connectivity index (χ0) is 11.5. The van der Waals surface area contributed by atoms with E-state index in [0.29, 0.717) is 6.04 Å². The Balaban J connectivity index is 2.01. The first-order chi connectivity index (χ1) is 7.70. The summed E-state index contributed by atoms with van der Waals surface area (Å²) in [5.74, 6) is 0.752. The molecule has 1 saturated carbocycles. The molecule has 0 aliphatic heterocycles. The lowest BCUT2D eigenvalue weighted by atomic mass is 10.1. The SMILES string of the molecule is CNC(Cc1ccc([N+](=O)[O-])cn1)C1CC1. The van der Waals surface area contributed by atoms with E-state index in [1.54, 1.807) is 6.07 Å². The molecule has 0 aromatic carbocycles. The van der Waals surface area contributed by atoms with E-state index in [0.717, 1.165) is 18.0 Å². The highest BCUT2D eigenvalue weighted by Crippen LogP contribution is 2.33. The van der Waals surface area contributed by atoms with Gasteiger partial charge in [0.25, 0.3) is 5.69 Å². The van der Waals surface area contributed by atoms with Gasteiger partial charge in [-0.25, -0.2) is 0 Å². The third-order valence-corrected chi connectivity index (χ3v) is 3.01. The molecule has 1 aromatic rings. The van der Waals surface area contributed by atoms with Gasteiger partial charge in [-0.1, -0.05) is 0 Å². The summed E-state index contributed by atoms with van der Waals surface area (Å²) in [6.45, 7) is 0. The van der Waals surface area contributed by atoms with Gasteiger partial charge < -0.3 is 5.32 Å². The Hall–Kier alpha value is -1.49. The van der Waals surface area contributed by atoms with E-state index in [-0.39, 0.29) is 5.69 Å². The van der Waals surface area contributed by atoms with Crippen molar-refractivity contribution in [2.24, 2.45) is 5.92 Å². The van der Waals surface area contributed by atoms with E-state index in [1.165, 1.54) is 25.1 Å². The molecule has 1 aliphatic carbocycles. The standard InChI is InChI=1S/C11H15N3O2/c1-12-11(8-2-3-8)6-9-4-5-10(7-13-9)14(15)16/h4-5,7-8,11-12H,2-3,6H2,1H3. The van der Waals surface area contributed by atoms with Crippen LogP contribution in [0.4, 0.5) is 5.69 Å². The fraction of sp³-hybridized carbons (Fsp3) is 0.545. The van der Waals surface area contributed by atoms with Gasteiger partial charge in [0.15, 0.2) is 0 Å². The van der Waals surface area contributed by atoms with Crippen LogP contribution in [0.1, 0.15) is 18.5 Å². The molecule has 0 bridgehead atoms. The van der Waals surface area contributed by atoms with Crippen molar-refractivity contribution in [1.82, 2.24) is 10.3 Å². The molecule has 1 atom stereocenters. The first-order valence-electron chi connectivity index (χ1n) is 5.47. The second kappa shape index (κ2) is 4.57. The smallest absolute Gasteiger partial charge is 0.287 e. The zero-order valence-electron chi connectivity index (χ0n) is 9.22. The van der Waals surface area contributed by atoms with Gasteiger partial charge in [-0.2, -0.15) is 0 Å². The Kier molecular flexibility index (Phi) is 3.14. The van der Waals surface area contributed by atoms with Crippen LogP contribution in [0, 0.1) is 16.0 Å². The summed E-state index contributed by atoms with van der Waals surface area (Å²) in [6.07, 6.45) is 4.73. The van der Waals surface area contributed by atoms with Crippen molar-refractivity contribution in [2.45, 2.75) is 25.3 Å². The molecule has 1 heterocycles. The molecule has 1 aromatic heterocycles. The molecule has 5 nitrogen and oxygen atoms in total. The molecule has 0 amide bonds. The topological polar surface area (TPSA) is 68.1 Å². The third-order valence-electron chi connectivity index (χ3n) is 3.01. The summed E-state index contributed by atoms with van der Waals surface area (Å²) in [5, 5.41) is 13.7. The van der Waals surface area contributed by atoms with Gasteiger partial charge in [0.2, 0.25) is 0 Å². The molecule has 1 N–H and O–H groups in total. The van der Waals surface area contributed by atoms with Crippen LogP contribution in [0.25, 0.3) is 0 Å². The van der Waals surface area contributed by atoms with Crippen LogP contribution < -0.4 is 5.32 Å². The molecule has 0 saturated heterocycles. The van der Waals surface area contributed by atoms with Gasteiger partial charge in [-0.05, 0) is 31.9 Å². The van der Waals surface area contributed by atoms with Crippen LogP contribution in [0.2, 0.25) is 0 Å². The van der Waals surface area contributed by atoms with E-state index in [2.05, 4.69) is 10.3 Å². The van der Waals surface area contributed by atoms with Crippen molar-refractivity contribution in [3.05, 3.63) is 34.1 Å². The highest BCUT2D eigenvalue weighted by Gasteiger charge is 2.30. The monoisotopic (exact) mass is 221 g/mol. The summed E-state index contributed by atoms with van der Waals surface area (Å²) < 4.78 is 0. The van der Waals surface area contributed by atoms with E-state index < -0.39 is 4.92 Å². The molecule has 86 valence electrons. The fourth-order valence-electron chi connectivity index (χ4n) is 1.87. The fourth-order valence-corrected chi connectivity index (χ4v) is 1.87. The number of hydrogen-bond acceptors (Lipinski definition) is 4. The van der Waals surface area contributed by atoms with Gasteiger partial charge in [0.1, 0.15) is 6.20 Å². The van der Waals surface area contributed by atoms with Crippen molar-refractivity contribution in [1.29, 1.82) is 0 Å². The second-order valence-corrected chi connectivity index (χ2v) is 4.20.